The molecule has 0 amide bonds. The lowest BCUT2D eigenvalue weighted by Crippen LogP contribution is -2.34. The van der Waals surface area contributed by atoms with Crippen LogP contribution in [0.5, 0.6) is 0 Å². The van der Waals surface area contributed by atoms with Crippen molar-refractivity contribution in [1.29, 1.82) is 0 Å². The molecule has 5 nitrogen and oxygen atoms in total. The Balaban J connectivity index is 2.99. The molecule has 0 saturated carbocycles. The monoisotopic (exact) mass is 254 g/mol. The lowest BCUT2D eigenvalue weighted by molar-refractivity contribution is -0.160. The second kappa shape index (κ2) is 6.83. The summed E-state index contributed by atoms with van der Waals surface area (Å²) >= 11 is 0. The predicted octanol–water partition coefficient (Wildman–Crippen LogP) is 1.45. The normalized spacial score (nSPS) is 16.3. The van der Waals surface area contributed by atoms with Gasteiger partial charge in [0, 0.05) is 0 Å². The molecule has 0 aromatic rings. The Bertz CT molecular complexity index is 342. The van der Waals surface area contributed by atoms with Gasteiger partial charge < -0.3 is 14.2 Å². The van der Waals surface area contributed by atoms with Crippen molar-refractivity contribution in [2.75, 3.05) is 20.8 Å². The fourth-order valence-corrected chi connectivity index (χ4v) is 1.87. The number of methoxy groups -OCH3 is 2. The predicted molar refractivity (Wildman–Crippen MR) is 64.5 cm³/mol. The van der Waals surface area contributed by atoms with Gasteiger partial charge in [-0.3, -0.25) is 9.59 Å². The molecule has 0 spiro atoms. The van der Waals surface area contributed by atoms with E-state index in [1.54, 1.807) is 0 Å². The molecule has 5 heteroatoms. The minimum absolute atomic E-state index is 0.551. The van der Waals surface area contributed by atoms with Crippen molar-refractivity contribution < 1.29 is 23.8 Å². The molecular formula is C13H18O5. The molecule has 1 aliphatic rings. The molecule has 1 aliphatic heterocycles. The minimum atomic E-state index is -1.07. The van der Waals surface area contributed by atoms with Crippen molar-refractivity contribution in [2.45, 2.75) is 12.8 Å². The maximum atomic E-state index is 11.7. The molecule has 0 aromatic carbocycles. The Morgan fingerprint density at radius 2 is 2.00 bits per heavy atom. The summed E-state index contributed by atoms with van der Waals surface area (Å²) in [5.74, 6) is -2.34. The lowest BCUT2D eigenvalue weighted by atomic mass is 9.89. The third-order valence-corrected chi connectivity index (χ3v) is 2.81. The molecule has 0 aliphatic carbocycles. The van der Waals surface area contributed by atoms with Gasteiger partial charge in [0.1, 0.15) is 5.76 Å². The van der Waals surface area contributed by atoms with Crippen LogP contribution in [0.1, 0.15) is 12.8 Å². The number of carbonyl (C=O) groups excluding carboxylic acids is 2. The average molecular weight is 254 g/mol. The van der Waals surface area contributed by atoms with E-state index in [4.69, 9.17) is 4.74 Å². The van der Waals surface area contributed by atoms with Crippen LogP contribution < -0.4 is 0 Å². The van der Waals surface area contributed by atoms with Crippen LogP contribution in [0, 0.1) is 11.8 Å². The van der Waals surface area contributed by atoms with E-state index in [2.05, 4.69) is 16.1 Å². The van der Waals surface area contributed by atoms with Gasteiger partial charge in [0.05, 0.1) is 26.7 Å². The summed E-state index contributed by atoms with van der Waals surface area (Å²) in [5.41, 5.74) is 0. The first-order valence-electron chi connectivity index (χ1n) is 5.76. The smallest absolute Gasteiger partial charge is 0.321 e. The van der Waals surface area contributed by atoms with Crippen LogP contribution in [0.3, 0.4) is 0 Å². The number of ether oxygens (including phenoxy) is 3. The maximum absolute atomic E-state index is 11.7. The lowest BCUT2D eigenvalue weighted by Gasteiger charge is -2.25. The van der Waals surface area contributed by atoms with Crippen molar-refractivity contribution in [2.24, 2.45) is 11.8 Å². The van der Waals surface area contributed by atoms with Gasteiger partial charge in [-0.2, -0.15) is 0 Å². The van der Waals surface area contributed by atoms with Gasteiger partial charge in [0.2, 0.25) is 0 Å². The molecule has 0 bridgehead atoms. The molecule has 100 valence electrons. The fraction of sp³-hybridized carbons (Fsp3) is 0.538. The summed E-state index contributed by atoms with van der Waals surface area (Å²) < 4.78 is 14.8. The van der Waals surface area contributed by atoms with Gasteiger partial charge in [-0.25, -0.2) is 0 Å². The number of esters is 2. The van der Waals surface area contributed by atoms with Crippen LogP contribution in [0.15, 0.2) is 24.5 Å². The molecule has 1 atom stereocenters. The van der Waals surface area contributed by atoms with Crippen LogP contribution in [0.25, 0.3) is 0 Å². The van der Waals surface area contributed by atoms with Gasteiger partial charge in [-0.1, -0.05) is 6.08 Å². The van der Waals surface area contributed by atoms with Gasteiger partial charge in [-0.05, 0) is 18.9 Å². The van der Waals surface area contributed by atoms with Gasteiger partial charge in [0.25, 0.3) is 0 Å². The van der Waals surface area contributed by atoms with E-state index in [9.17, 15) is 9.59 Å². The molecule has 0 unspecified atom stereocenters. The summed E-state index contributed by atoms with van der Waals surface area (Å²) in [6, 6.07) is 0. The SMILES string of the molecule is C=C[C@@H](C1=CCCCO1)C(C(=O)OC)C(=O)OC. The third-order valence-electron chi connectivity index (χ3n) is 2.81. The van der Waals surface area contributed by atoms with Crippen molar-refractivity contribution in [3.05, 3.63) is 24.5 Å². The molecule has 1 rings (SSSR count). The maximum Gasteiger partial charge on any atom is 0.321 e. The molecule has 0 aromatic heterocycles. The molecular weight excluding hydrogens is 236 g/mol. The van der Waals surface area contributed by atoms with Crippen LogP contribution in [0.2, 0.25) is 0 Å². The van der Waals surface area contributed by atoms with Crippen LogP contribution >= 0.6 is 0 Å². The van der Waals surface area contributed by atoms with E-state index in [1.807, 2.05) is 6.08 Å². The van der Waals surface area contributed by atoms with Crippen molar-refractivity contribution in [3.63, 3.8) is 0 Å². The average Bonchev–Trinajstić information content (AvgIpc) is 2.44. The number of carbonyl (C=O) groups is 2. The molecule has 0 radical (unpaired) electrons. The quantitative estimate of drug-likeness (QED) is 0.422. The van der Waals surface area contributed by atoms with E-state index >= 15 is 0 Å². The molecule has 0 fully saturated rings. The molecule has 1 heterocycles. The first kappa shape index (κ1) is 14.3. The summed E-state index contributed by atoms with van der Waals surface area (Å²) in [5, 5.41) is 0. The zero-order valence-corrected chi connectivity index (χ0v) is 10.7. The summed E-state index contributed by atoms with van der Waals surface area (Å²) in [6.07, 6.45) is 5.16. The van der Waals surface area contributed by atoms with E-state index in [0.29, 0.717) is 12.4 Å². The van der Waals surface area contributed by atoms with E-state index in [-0.39, 0.29) is 0 Å². The topological polar surface area (TPSA) is 61.8 Å². The second-order valence-corrected chi connectivity index (χ2v) is 3.88. The highest BCUT2D eigenvalue weighted by molar-refractivity contribution is 5.95. The second-order valence-electron chi connectivity index (χ2n) is 3.88. The first-order chi connectivity index (χ1) is 8.65. The van der Waals surface area contributed by atoms with Crippen molar-refractivity contribution in [1.82, 2.24) is 0 Å². The largest absolute Gasteiger partial charge is 0.498 e. The van der Waals surface area contributed by atoms with Gasteiger partial charge in [0.15, 0.2) is 5.92 Å². The highest BCUT2D eigenvalue weighted by atomic mass is 16.5. The Labute approximate surface area is 106 Å². The third kappa shape index (κ3) is 3.12. The van der Waals surface area contributed by atoms with E-state index in [1.165, 1.54) is 20.3 Å². The van der Waals surface area contributed by atoms with Crippen LogP contribution in [-0.2, 0) is 23.8 Å². The Hall–Kier alpha value is -1.78. The van der Waals surface area contributed by atoms with E-state index in [0.717, 1.165) is 12.8 Å². The fourth-order valence-electron chi connectivity index (χ4n) is 1.87. The summed E-state index contributed by atoms with van der Waals surface area (Å²) in [4.78, 5) is 23.4. The van der Waals surface area contributed by atoms with Gasteiger partial charge >= 0.3 is 11.9 Å². The van der Waals surface area contributed by atoms with Crippen molar-refractivity contribution in [3.8, 4) is 0 Å². The standard InChI is InChI=1S/C13H18O5/c1-4-9(10-7-5-6-8-18-10)11(12(14)16-2)13(15)17-3/h4,7,9,11H,1,5-6,8H2,2-3H3/t9-/m0/s1. The zero-order chi connectivity index (χ0) is 13.5. The number of rotatable bonds is 5. The van der Waals surface area contributed by atoms with Crippen LogP contribution in [-0.4, -0.2) is 32.8 Å². The first-order valence-corrected chi connectivity index (χ1v) is 5.76. The molecule has 0 saturated heterocycles. The van der Waals surface area contributed by atoms with Crippen molar-refractivity contribution >= 4 is 11.9 Å². The Kier molecular flexibility index (Phi) is 5.42. The van der Waals surface area contributed by atoms with Crippen LogP contribution in [0.4, 0.5) is 0 Å². The number of hydrogen-bond acceptors (Lipinski definition) is 5. The number of allylic oxidation sites excluding steroid dienone is 2. The Morgan fingerprint density at radius 3 is 2.39 bits per heavy atom. The Morgan fingerprint density at radius 1 is 1.39 bits per heavy atom. The highest BCUT2D eigenvalue weighted by Gasteiger charge is 2.38. The number of hydrogen-bond donors (Lipinski definition) is 0. The highest BCUT2D eigenvalue weighted by Crippen LogP contribution is 2.28. The summed E-state index contributed by atoms with van der Waals surface area (Å²) in [7, 11) is 2.46. The van der Waals surface area contributed by atoms with E-state index < -0.39 is 23.8 Å². The summed E-state index contributed by atoms with van der Waals surface area (Å²) in [6.45, 7) is 4.23. The molecule has 18 heavy (non-hydrogen) atoms. The zero-order valence-electron chi connectivity index (χ0n) is 10.7. The minimum Gasteiger partial charge on any atom is -0.498 e. The van der Waals surface area contributed by atoms with Gasteiger partial charge in [-0.15, -0.1) is 6.58 Å². The molecule has 0 N–H and O–H groups in total.